The molecule has 112 valence electrons. The van der Waals surface area contributed by atoms with Crippen molar-refractivity contribution < 1.29 is 19.1 Å². The van der Waals surface area contributed by atoms with Crippen LogP contribution >= 0.6 is 0 Å². The first-order valence-electron chi connectivity index (χ1n) is 6.99. The zero-order valence-electron chi connectivity index (χ0n) is 12.2. The number of likely N-dealkylation sites (N-methyl/N-ethyl adjacent to an activating group) is 1. The number of rotatable bonds is 2. The summed E-state index contributed by atoms with van der Waals surface area (Å²) >= 11 is 0. The van der Waals surface area contributed by atoms with Crippen molar-refractivity contribution in [1.82, 2.24) is 9.80 Å². The first-order valence-corrected chi connectivity index (χ1v) is 6.99. The highest BCUT2D eigenvalue weighted by Gasteiger charge is 2.35. The topological polar surface area (TPSA) is 59.1 Å². The summed E-state index contributed by atoms with van der Waals surface area (Å²) in [6.07, 6.45) is 1.56. The molecule has 2 amide bonds. The molecule has 0 saturated carbocycles. The largest absolute Gasteiger partial charge is 0.454 e. The quantitative estimate of drug-likeness (QED) is 0.818. The van der Waals surface area contributed by atoms with E-state index in [0.29, 0.717) is 30.0 Å². The van der Waals surface area contributed by atoms with Crippen LogP contribution in [0.3, 0.4) is 0 Å². The summed E-state index contributed by atoms with van der Waals surface area (Å²) < 4.78 is 10.5. The minimum Gasteiger partial charge on any atom is -0.454 e. The van der Waals surface area contributed by atoms with Crippen LogP contribution in [0.1, 0.15) is 23.2 Å². The third-order valence-corrected chi connectivity index (χ3v) is 3.86. The van der Waals surface area contributed by atoms with Crippen molar-refractivity contribution in [1.29, 1.82) is 0 Å². The van der Waals surface area contributed by atoms with Crippen LogP contribution in [0.25, 0.3) is 0 Å². The van der Waals surface area contributed by atoms with Crippen molar-refractivity contribution in [3.05, 3.63) is 23.8 Å². The van der Waals surface area contributed by atoms with Gasteiger partial charge in [-0.2, -0.15) is 0 Å². The van der Waals surface area contributed by atoms with Gasteiger partial charge in [-0.1, -0.05) is 0 Å². The van der Waals surface area contributed by atoms with Gasteiger partial charge in [0.15, 0.2) is 11.5 Å². The van der Waals surface area contributed by atoms with Crippen LogP contribution in [0, 0.1) is 0 Å². The number of likely N-dealkylation sites (tertiary alicyclic amines) is 1. The fraction of sp³-hybridized carbons (Fsp3) is 0.467. The van der Waals surface area contributed by atoms with Gasteiger partial charge in [-0.3, -0.25) is 9.59 Å². The molecule has 0 spiro atoms. The highest BCUT2D eigenvalue weighted by atomic mass is 16.7. The van der Waals surface area contributed by atoms with Gasteiger partial charge in [0.1, 0.15) is 6.04 Å². The van der Waals surface area contributed by atoms with Crippen molar-refractivity contribution in [2.75, 3.05) is 27.4 Å². The van der Waals surface area contributed by atoms with Crippen LogP contribution in [0.5, 0.6) is 11.5 Å². The Kier molecular flexibility index (Phi) is 3.45. The molecule has 3 rings (SSSR count). The monoisotopic (exact) mass is 290 g/mol. The average molecular weight is 290 g/mol. The van der Waals surface area contributed by atoms with Gasteiger partial charge in [0.2, 0.25) is 12.7 Å². The van der Waals surface area contributed by atoms with Gasteiger partial charge in [-0.25, -0.2) is 0 Å². The number of carbonyl (C=O) groups excluding carboxylic acids is 2. The molecule has 1 unspecified atom stereocenters. The fourth-order valence-corrected chi connectivity index (χ4v) is 2.76. The van der Waals surface area contributed by atoms with Gasteiger partial charge < -0.3 is 19.3 Å². The lowest BCUT2D eigenvalue weighted by molar-refractivity contribution is -0.132. The molecule has 21 heavy (non-hydrogen) atoms. The molecule has 2 aliphatic heterocycles. The molecule has 6 nitrogen and oxygen atoms in total. The molecule has 0 bridgehead atoms. The van der Waals surface area contributed by atoms with Crippen LogP contribution in [-0.2, 0) is 4.79 Å². The molecule has 0 N–H and O–H groups in total. The van der Waals surface area contributed by atoms with Gasteiger partial charge in [0.25, 0.3) is 5.91 Å². The Hall–Kier alpha value is -2.24. The Morgan fingerprint density at radius 3 is 2.76 bits per heavy atom. The maximum atomic E-state index is 12.6. The molecule has 2 aliphatic rings. The van der Waals surface area contributed by atoms with Crippen molar-refractivity contribution >= 4 is 11.8 Å². The lowest BCUT2D eigenvalue weighted by Crippen LogP contribution is -2.45. The number of hydrogen-bond acceptors (Lipinski definition) is 4. The number of ether oxygens (including phenoxy) is 2. The van der Waals surface area contributed by atoms with Crippen LogP contribution in [0.4, 0.5) is 0 Å². The second kappa shape index (κ2) is 5.27. The maximum absolute atomic E-state index is 12.6. The number of hydrogen-bond donors (Lipinski definition) is 0. The first kappa shape index (κ1) is 13.7. The van der Waals surface area contributed by atoms with Crippen molar-refractivity contribution in [2.24, 2.45) is 0 Å². The molecular formula is C15H18N2O4. The van der Waals surface area contributed by atoms with Gasteiger partial charge >= 0.3 is 0 Å². The van der Waals surface area contributed by atoms with E-state index in [9.17, 15) is 9.59 Å². The van der Waals surface area contributed by atoms with Crippen molar-refractivity contribution in [3.63, 3.8) is 0 Å². The third-order valence-electron chi connectivity index (χ3n) is 3.86. The van der Waals surface area contributed by atoms with Crippen molar-refractivity contribution in [3.8, 4) is 11.5 Å². The normalized spacial score (nSPS) is 19.7. The zero-order valence-corrected chi connectivity index (χ0v) is 12.2. The summed E-state index contributed by atoms with van der Waals surface area (Å²) in [4.78, 5) is 28.0. The fourth-order valence-electron chi connectivity index (χ4n) is 2.76. The van der Waals surface area contributed by atoms with E-state index in [4.69, 9.17) is 9.47 Å². The highest BCUT2D eigenvalue weighted by Crippen LogP contribution is 2.33. The Bertz CT molecular complexity index is 585. The van der Waals surface area contributed by atoms with E-state index in [1.54, 1.807) is 37.2 Å². The Morgan fingerprint density at radius 2 is 2.00 bits per heavy atom. The molecule has 1 fully saturated rings. The van der Waals surface area contributed by atoms with E-state index in [1.165, 1.54) is 4.90 Å². The molecule has 1 aromatic carbocycles. The SMILES string of the molecule is CN(C)C(=O)C1CCCN1C(=O)c1ccc2c(c1)OCO2. The number of carbonyl (C=O) groups is 2. The molecule has 0 radical (unpaired) electrons. The van der Waals surface area contributed by atoms with E-state index in [2.05, 4.69) is 0 Å². The summed E-state index contributed by atoms with van der Waals surface area (Å²) in [6, 6.07) is 4.76. The molecule has 2 heterocycles. The van der Waals surface area contributed by atoms with Crippen molar-refractivity contribution in [2.45, 2.75) is 18.9 Å². The molecule has 1 aromatic rings. The smallest absolute Gasteiger partial charge is 0.254 e. The second-order valence-corrected chi connectivity index (χ2v) is 5.46. The number of nitrogens with zero attached hydrogens (tertiary/aromatic N) is 2. The predicted octanol–water partition coefficient (Wildman–Crippen LogP) is 1.11. The highest BCUT2D eigenvalue weighted by molar-refractivity contribution is 5.98. The standard InChI is InChI=1S/C15H18N2O4/c1-16(2)15(19)11-4-3-7-17(11)14(18)10-5-6-12-13(8-10)21-9-20-12/h5-6,8,11H,3-4,7,9H2,1-2H3. The Balaban J connectivity index is 1.82. The maximum Gasteiger partial charge on any atom is 0.254 e. The molecule has 6 heteroatoms. The van der Waals surface area contributed by atoms with E-state index in [-0.39, 0.29) is 24.6 Å². The van der Waals surface area contributed by atoms with Crippen LogP contribution in [0.2, 0.25) is 0 Å². The summed E-state index contributed by atoms with van der Waals surface area (Å²) in [6.45, 7) is 0.788. The predicted molar refractivity (Wildman–Crippen MR) is 75.3 cm³/mol. The molecule has 1 atom stereocenters. The third kappa shape index (κ3) is 2.41. The van der Waals surface area contributed by atoms with E-state index in [0.717, 1.165) is 6.42 Å². The van der Waals surface area contributed by atoms with E-state index < -0.39 is 0 Å². The van der Waals surface area contributed by atoms with Gasteiger partial charge in [-0.15, -0.1) is 0 Å². The second-order valence-electron chi connectivity index (χ2n) is 5.46. The summed E-state index contributed by atoms with van der Waals surface area (Å²) in [5.41, 5.74) is 0.526. The number of benzene rings is 1. The van der Waals surface area contributed by atoms with Gasteiger partial charge in [0, 0.05) is 26.2 Å². The Labute approximate surface area is 123 Å². The first-order chi connectivity index (χ1) is 10.1. The molecular weight excluding hydrogens is 272 g/mol. The Morgan fingerprint density at radius 1 is 1.24 bits per heavy atom. The van der Waals surface area contributed by atoms with Gasteiger partial charge in [-0.05, 0) is 31.0 Å². The van der Waals surface area contributed by atoms with Gasteiger partial charge in [0.05, 0.1) is 0 Å². The number of fused-ring (bicyclic) bond motifs is 1. The zero-order chi connectivity index (χ0) is 15.0. The minimum atomic E-state index is -0.363. The molecule has 0 aromatic heterocycles. The van der Waals surface area contributed by atoms with Crippen LogP contribution in [-0.4, -0.2) is 55.1 Å². The summed E-state index contributed by atoms with van der Waals surface area (Å²) in [7, 11) is 3.42. The molecule has 1 saturated heterocycles. The van der Waals surface area contributed by atoms with E-state index >= 15 is 0 Å². The lowest BCUT2D eigenvalue weighted by atomic mass is 10.1. The van der Waals surface area contributed by atoms with Crippen LogP contribution < -0.4 is 9.47 Å². The lowest BCUT2D eigenvalue weighted by Gasteiger charge is -2.26. The molecule has 0 aliphatic carbocycles. The average Bonchev–Trinajstić information content (AvgIpc) is 3.13. The van der Waals surface area contributed by atoms with E-state index in [1.807, 2.05) is 0 Å². The summed E-state index contributed by atoms with van der Waals surface area (Å²) in [5, 5.41) is 0. The minimum absolute atomic E-state index is 0.0263. The van der Waals surface area contributed by atoms with Crippen LogP contribution in [0.15, 0.2) is 18.2 Å². The number of amides is 2. The summed E-state index contributed by atoms with van der Waals surface area (Å²) in [5.74, 6) is 1.07.